The van der Waals surface area contributed by atoms with Gasteiger partial charge >= 0.3 is 0 Å². The molecule has 6 nitrogen and oxygen atoms in total. The van der Waals surface area contributed by atoms with E-state index in [9.17, 15) is 0 Å². The van der Waals surface area contributed by atoms with Crippen molar-refractivity contribution >= 4 is 0 Å². The summed E-state index contributed by atoms with van der Waals surface area (Å²) >= 11 is 0. The van der Waals surface area contributed by atoms with Crippen molar-refractivity contribution < 1.29 is 4.74 Å². The van der Waals surface area contributed by atoms with Gasteiger partial charge in [-0.25, -0.2) is 0 Å². The first-order valence-corrected chi connectivity index (χ1v) is 7.42. The van der Waals surface area contributed by atoms with Crippen LogP contribution in [-0.2, 0) is 24.9 Å². The second-order valence-corrected chi connectivity index (χ2v) is 5.86. The summed E-state index contributed by atoms with van der Waals surface area (Å²) in [5.41, 5.74) is 3.51. The summed E-state index contributed by atoms with van der Waals surface area (Å²) in [7, 11) is 1.95. The monoisotopic (exact) mass is 289 g/mol. The van der Waals surface area contributed by atoms with Crippen LogP contribution in [-0.4, -0.2) is 50.3 Å². The summed E-state index contributed by atoms with van der Waals surface area (Å²) in [6.07, 6.45) is 4.21. The molecule has 0 bridgehead atoms. The van der Waals surface area contributed by atoms with Crippen LogP contribution in [0, 0.1) is 13.8 Å². The van der Waals surface area contributed by atoms with E-state index in [0.717, 1.165) is 38.5 Å². The molecule has 2 aromatic rings. The molecule has 0 saturated carbocycles. The molecule has 114 valence electrons. The van der Waals surface area contributed by atoms with Crippen LogP contribution in [0.25, 0.3) is 0 Å². The highest BCUT2D eigenvalue weighted by Crippen LogP contribution is 2.12. The van der Waals surface area contributed by atoms with Crippen molar-refractivity contribution in [2.45, 2.75) is 33.0 Å². The minimum Gasteiger partial charge on any atom is -0.374 e. The highest BCUT2D eigenvalue weighted by Gasteiger charge is 2.22. The number of hydrogen-bond acceptors (Lipinski definition) is 4. The van der Waals surface area contributed by atoms with E-state index in [1.165, 1.54) is 11.3 Å². The van der Waals surface area contributed by atoms with Crippen molar-refractivity contribution in [2.75, 3.05) is 19.7 Å². The lowest BCUT2D eigenvalue weighted by molar-refractivity contribution is -0.0405. The number of hydrogen-bond donors (Lipinski definition) is 0. The molecule has 0 spiro atoms. The van der Waals surface area contributed by atoms with Gasteiger partial charge in [-0.15, -0.1) is 0 Å². The Kier molecular flexibility index (Phi) is 4.07. The number of ether oxygens (including phenoxy) is 1. The maximum Gasteiger partial charge on any atom is 0.0898 e. The Bertz CT molecular complexity index is 603. The van der Waals surface area contributed by atoms with Crippen molar-refractivity contribution in [3.63, 3.8) is 0 Å². The van der Waals surface area contributed by atoms with E-state index in [-0.39, 0.29) is 6.10 Å². The van der Waals surface area contributed by atoms with E-state index in [1.807, 2.05) is 29.5 Å². The van der Waals surface area contributed by atoms with Crippen molar-refractivity contribution in [1.29, 1.82) is 0 Å². The van der Waals surface area contributed by atoms with Crippen molar-refractivity contribution in [1.82, 2.24) is 24.5 Å². The Morgan fingerprint density at radius 2 is 2.24 bits per heavy atom. The molecule has 1 fully saturated rings. The quantitative estimate of drug-likeness (QED) is 0.847. The van der Waals surface area contributed by atoms with E-state index < -0.39 is 0 Å². The molecule has 1 atom stereocenters. The lowest BCUT2D eigenvalue weighted by atomic mass is 10.2. The Morgan fingerprint density at radius 1 is 1.38 bits per heavy atom. The zero-order valence-corrected chi connectivity index (χ0v) is 13.0. The second-order valence-electron chi connectivity index (χ2n) is 5.86. The average Bonchev–Trinajstić information content (AvgIpc) is 2.96. The van der Waals surface area contributed by atoms with E-state index in [4.69, 9.17) is 4.74 Å². The first-order valence-electron chi connectivity index (χ1n) is 7.42. The predicted octanol–water partition coefficient (Wildman–Crippen LogP) is 1.13. The maximum absolute atomic E-state index is 5.90. The lowest BCUT2D eigenvalue weighted by Gasteiger charge is -2.32. The average molecular weight is 289 g/mol. The van der Waals surface area contributed by atoms with E-state index in [2.05, 4.69) is 34.3 Å². The van der Waals surface area contributed by atoms with Gasteiger partial charge in [0.05, 0.1) is 31.1 Å². The molecule has 0 radical (unpaired) electrons. The number of nitrogens with zero attached hydrogens (tertiary/aromatic N) is 5. The van der Waals surface area contributed by atoms with Crippen LogP contribution >= 0.6 is 0 Å². The number of rotatable bonds is 4. The van der Waals surface area contributed by atoms with Crippen LogP contribution in [0.5, 0.6) is 0 Å². The van der Waals surface area contributed by atoms with Gasteiger partial charge in [0.1, 0.15) is 0 Å². The highest BCUT2D eigenvalue weighted by molar-refractivity contribution is 5.07. The van der Waals surface area contributed by atoms with Gasteiger partial charge < -0.3 is 4.74 Å². The summed E-state index contributed by atoms with van der Waals surface area (Å²) in [5, 5.41) is 8.75. The largest absolute Gasteiger partial charge is 0.374 e. The Morgan fingerprint density at radius 3 is 2.90 bits per heavy atom. The molecule has 6 heteroatoms. The van der Waals surface area contributed by atoms with Gasteiger partial charge in [0.15, 0.2) is 0 Å². The molecule has 3 heterocycles. The smallest absolute Gasteiger partial charge is 0.0898 e. The molecule has 0 aromatic carbocycles. The minimum atomic E-state index is 0.202. The molecule has 2 aromatic heterocycles. The van der Waals surface area contributed by atoms with Gasteiger partial charge in [-0.1, -0.05) is 0 Å². The molecule has 1 aliphatic rings. The first-order chi connectivity index (χ1) is 10.1. The summed E-state index contributed by atoms with van der Waals surface area (Å²) < 4.78 is 9.80. The van der Waals surface area contributed by atoms with Crippen LogP contribution in [0.1, 0.15) is 17.0 Å². The Hall–Kier alpha value is -1.66. The van der Waals surface area contributed by atoms with E-state index in [1.54, 1.807) is 0 Å². The number of aromatic nitrogens is 4. The topological polar surface area (TPSA) is 48.1 Å². The van der Waals surface area contributed by atoms with Gasteiger partial charge in [-0.05, 0) is 19.9 Å². The summed E-state index contributed by atoms with van der Waals surface area (Å²) in [4.78, 5) is 2.43. The lowest BCUT2D eigenvalue weighted by Crippen LogP contribution is -2.43. The zero-order chi connectivity index (χ0) is 14.8. The van der Waals surface area contributed by atoms with Crippen molar-refractivity contribution in [3.8, 4) is 0 Å². The van der Waals surface area contributed by atoms with Crippen LogP contribution in [0.15, 0.2) is 18.5 Å². The molecule has 0 unspecified atom stereocenters. The molecular weight excluding hydrogens is 266 g/mol. The Labute approximate surface area is 125 Å². The molecule has 0 N–H and O–H groups in total. The van der Waals surface area contributed by atoms with E-state index >= 15 is 0 Å². The molecular formula is C15H23N5O. The Balaban J connectivity index is 1.59. The van der Waals surface area contributed by atoms with Crippen LogP contribution in [0.4, 0.5) is 0 Å². The summed E-state index contributed by atoms with van der Waals surface area (Å²) in [6.45, 7) is 8.57. The number of aryl methyl sites for hydroxylation is 3. The van der Waals surface area contributed by atoms with Gasteiger partial charge in [0.2, 0.25) is 0 Å². The summed E-state index contributed by atoms with van der Waals surface area (Å²) in [6, 6.07) is 2.11. The fourth-order valence-corrected chi connectivity index (χ4v) is 2.90. The third kappa shape index (κ3) is 3.51. The predicted molar refractivity (Wildman–Crippen MR) is 79.9 cm³/mol. The van der Waals surface area contributed by atoms with Gasteiger partial charge in [0.25, 0.3) is 0 Å². The van der Waals surface area contributed by atoms with Crippen molar-refractivity contribution in [2.24, 2.45) is 7.05 Å². The summed E-state index contributed by atoms with van der Waals surface area (Å²) in [5.74, 6) is 0. The zero-order valence-electron chi connectivity index (χ0n) is 13.0. The molecule has 3 rings (SSSR count). The minimum absolute atomic E-state index is 0.202. The van der Waals surface area contributed by atoms with Gasteiger partial charge in [0, 0.05) is 44.1 Å². The van der Waals surface area contributed by atoms with E-state index in [0.29, 0.717) is 0 Å². The van der Waals surface area contributed by atoms with Crippen LogP contribution < -0.4 is 0 Å². The molecule has 1 saturated heterocycles. The van der Waals surface area contributed by atoms with Crippen LogP contribution in [0.3, 0.4) is 0 Å². The number of morpholine rings is 1. The maximum atomic E-state index is 5.90. The third-order valence-electron chi connectivity index (χ3n) is 3.87. The third-order valence-corrected chi connectivity index (χ3v) is 3.87. The standard InChI is InChI=1S/C15H23N5O/c1-12-6-13(2)20(17-12)11-15-10-19(4-5-21-15)9-14-7-16-18(3)8-14/h6-8,15H,4-5,9-11H2,1-3H3/t15-/m1/s1. The van der Waals surface area contributed by atoms with Gasteiger partial charge in [-0.3, -0.25) is 14.3 Å². The molecule has 21 heavy (non-hydrogen) atoms. The fraction of sp³-hybridized carbons (Fsp3) is 0.600. The molecule has 1 aliphatic heterocycles. The highest BCUT2D eigenvalue weighted by atomic mass is 16.5. The van der Waals surface area contributed by atoms with Crippen molar-refractivity contribution in [3.05, 3.63) is 35.4 Å². The second kappa shape index (κ2) is 5.99. The molecule has 0 amide bonds. The molecule has 0 aliphatic carbocycles. The van der Waals surface area contributed by atoms with Gasteiger partial charge in [-0.2, -0.15) is 10.2 Å². The fourth-order valence-electron chi connectivity index (χ4n) is 2.90. The van der Waals surface area contributed by atoms with Crippen LogP contribution in [0.2, 0.25) is 0 Å². The normalized spacial score (nSPS) is 20.0. The SMILES string of the molecule is Cc1cc(C)n(C[C@H]2CN(Cc3cnn(C)c3)CCO2)n1. The first kappa shape index (κ1) is 14.3.